The van der Waals surface area contributed by atoms with Crippen molar-refractivity contribution in [3.8, 4) is 10.6 Å². The predicted molar refractivity (Wildman–Crippen MR) is 104 cm³/mol. The minimum absolute atomic E-state index is 0.456. The Morgan fingerprint density at radius 3 is 2.75 bits per heavy atom. The van der Waals surface area contributed by atoms with E-state index in [0.29, 0.717) is 11.9 Å². The molecule has 1 aliphatic carbocycles. The fraction of sp³-hybridized carbons (Fsp3) is 0.421. The monoisotopic (exact) mass is 378 g/mol. The van der Waals surface area contributed by atoms with E-state index in [2.05, 4.69) is 22.9 Å². The van der Waals surface area contributed by atoms with E-state index in [1.54, 1.807) is 11.3 Å². The van der Waals surface area contributed by atoms with Gasteiger partial charge in [0, 0.05) is 28.1 Å². The highest BCUT2D eigenvalue weighted by molar-refractivity contribution is 7.13. The highest BCUT2D eigenvalue weighted by atomic mass is 35.5. The van der Waals surface area contributed by atoms with Gasteiger partial charge in [-0.2, -0.15) is 0 Å². The maximum atomic E-state index is 6.63. The van der Waals surface area contributed by atoms with Crippen LogP contribution in [-0.2, 0) is 5.88 Å². The van der Waals surface area contributed by atoms with Gasteiger partial charge < -0.3 is 4.57 Å². The first-order chi connectivity index (χ1) is 11.7. The lowest BCUT2D eigenvalue weighted by Gasteiger charge is -2.26. The average molecular weight is 379 g/mol. The van der Waals surface area contributed by atoms with Crippen molar-refractivity contribution in [3.05, 3.63) is 40.0 Å². The van der Waals surface area contributed by atoms with Crippen molar-refractivity contribution in [1.29, 1.82) is 0 Å². The molecular formula is C19H20Cl2N2S. The number of benzene rings is 1. The first kappa shape index (κ1) is 16.4. The van der Waals surface area contributed by atoms with E-state index >= 15 is 0 Å². The zero-order valence-electron chi connectivity index (χ0n) is 13.7. The van der Waals surface area contributed by atoms with Gasteiger partial charge in [0.25, 0.3) is 0 Å². The molecule has 2 nitrogen and oxygen atoms in total. The third-order valence-corrected chi connectivity index (χ3v) is 6.55. The number of hydrogen-bond acceptors (Lipinski definition) is 2. The summed E-state index contributed by atoms with van der Waals surface area (Å²) in [5, 5.41) is 5.14. The summed E-state index contributed by atoms with van der Waals surface area (Å²) in [6.45, 7) is 2.21. The van der Waals surface area contributed by atoms with Gasteiger partial charge in [-0.3, -0.25) is 0 Å². The number of hydrogen-bond donors (Lipinski definition) is 0. The zero-order chi connectivity index (χ0) is 16.7. The minimum atomic E-state index is 0.456. The number of fused-ring (bicyclic) bond motifs is 1. The van der Waals surface area contributed by atoms with Crippen molar-refractivity contribution < 1.29 is 0 Å². The van der Waals surface area contributed by atoms with Gasteiger partial charge in [0.1, 0.15) is 5.01 Å². The van der Waals surface area contributed by atoms with Gasteiger partial charge >= 0.3 is 0 Å². The predicted octanol–water partition coefficient (Wildman–Crippen LogP) is 6.97. The summed E-state index contributed by atoms with van der Waals surface area (Å²) in [4.78, 5) is 4.73. The highest BCUT2D eigenvalue weighted by Gasteiger charge is 2.25. The molecule has 2 aromatic heterocycles. The van der Waals surface area contributed by atoms with Crippen molar-refractivity contribution in [2.24, 2.45) is 0 Å². The van der Waals surface area contributed by atoms with Crippen LogP contribution in [0, 0.1) is 6.92 Å². The van der Waals surface area contributed by atoms with Crippen LogP contribution in [-0.4, -0.2) is 9.55 Å². The van der Waals surface area contributed by atoms with Gasteiger partial charge in [-0.1, -0.05) is 43.0 Å². The molecule has 1 aromatic carbocycles. The molecule has 0 saturated heterocycles. The Kier molecular flexibility index (Phi) is 4.59. The molecule has 0 unspecified atom stereocenters. The zero-order valence-corrected chi connectivity index (χ0v) is 16.0. The van der Waals surface area contributed by atoms with Gasteiger partial charge in [0.05, 0.1) is 22.1 Å². The van der Waals surface area contributed by atoms with Crippen molar-refractivity contribution in [2.45, 2.75) is 50.9 Å². The molecule has 0 aliphatic heterocycles. The summed E-state index contributed by atoms with van der Waals surface area (Å²) in [6, 6.07) is 6.75. The van der Waals surface area contributed by atoms with Crippen LogP contribution in [0.15, 0.2) is 23.6 Å². The van der Waals surface area contributed by atoms with Gasteiger partial charge in [-0.05, 0) is 25.8 Å². The van der Waals surface area contributed by atoms with Gasteiger partial charge in [0.15, 0.2) is 0 Å². The third kappa shape index (κ3) is 2.67. The Balaban J connectivity index is 1.97. The quantitative estimate of drug-likeness (QED) is 0.449. The largest absolute Gasteiger partial charge is 0.340 e. The molecule has 126 valence electrons. The molecule has 0 bridgehead atoms. The van der Waals surface area contributed by atoms with Crippen LogP contribution in [0.3, 0.4) is 0 Å². The number of thiazole rings is 1. The van der Waals surface area contributed by atoms with E-state index in [-0.39, 0.29) is 0 Å². The van der Waals surface area contributed by atoms with Gasteiger partial charge in [-0.15, -0.1) is 22.9 Å². The van der Waals surface area contributed by atoms with Crippen LogP contribution in [0.25, 0.3) is 21.5 Å². The SMILES string of the molecule is Cc1c(-c2nc(CCl)cs2)c2cccc(Cl)c2n1C1CCCCC1. The molecule has 24 heavy (non-hydrogen) atoms. The van der Waals surface area contributed by atoms with Crippen molar-refractivity contribution in [3.63, 3.8) is 0 Å². The number of para-hydroxylation sites is 1. The fourth-order valence-electron chi connectivity index (χ4n) is 3.99. The number of nitrogens with zero attached hydrogens (tertiary/aromatic N) is 2. The summed E-state index contributed by atoms with van der Waals surface area (Å²) in [5.74, 6) is 0.456. The Hall–Kier alpha value is -1.03. The Morgan fingerprint density at radius 1 is 1.25 bits per heavy atom. The summed E-state index contributed by atoms with van der Waals surface area (Å²) < 4.78 is 2.48. The van der Waals surface area contributed by atoms with E-state index in [9.17, 15) is 0 Å². The minimum Gasteiger partial charge on any atom is -0.340 e. The Bertz CT molecular complexity index is 875. The van der Waals surface area contributed by atoms with Crippen LogP contribution in [0.1, 0.15) is 49.5 Å². The van der Waals surface area contributed by atoms with Crippen LogP contribution in [0.2, 0.25) is 5.02 Å². The van der Waals surface area contributed by atoms with E-state index in [0.717, 1.165) is 15.7 Å². The second-order valence-corrected chi connectivity index (χ2v) is 8.07. The topological polar surface area (TPSA) is 17.8 Å². The second-order valence-electron chi connectivity index (χ2n) is 6.54. The molecule has 2 heterocycles. The molecule has 0 atom stereocenters. The summed E-state index contributed by atoms with van der Waals surface area (Å²) in [5.41, 5.74) is 4.61. The molecular weight excluding hydrogens is 359 g/mol. The van der Waals surface area contributed by atoms with Crippen LogP contribution >= 0.6 is 34.5 Å². The number of aromatic nitrogens is 2. The normalized spacial score (nSPS) is 16.1. The first-order valence-electron chi connectivity index (χ1n) is 8.50. The van der Waals surface area contributed by atoms with E-state index in [1.807, 2.05) is 12.1 Å². The first-order valence-corrected chi connectivity index (χ1v) is 10.3. The summed E-state index contributed by atoms with van der Waals surface area (Å²) >= 11 is 14.3. The molecule has 0 amide bonds. The summed E-state index contributed by atoms with van der Waals surface area (Å²) in [7, 11) is 0. The fourth-order valence-corrected chi connectivity index (χ4v) is 5.42. The highest BCUT2D eigenvalue weighted by Crippen LogP contribution is 2.43. The van der Waals surface area contributed by atoms with Gasteiger partial charge in [0.2, 0.25) is 0 Å². The van der Waals surface area contributed by atoms with Crippen LogP contribution in [0.4, 0.5) is 0 Å². The van der Waals surface area contributed by atoms with E-state index in [1.165, 1.54) is 54.3 Å². The Labute approximate surface area is 156 Å². The molecule has 1 fully saturated rings. The average Bonchev–Trinajstić information content (AvgIpc) is 3.18. The third-order valence-electron chi connectivity index (χ3n) is 5.06. The Morgan fingerprint density at radius 2 is 2.04 bits per heavy atom. The van der Waals surface area contributed by atoms with Crippen molar-refractivity contribution in [2.75, 3.05) is 0 Å². The van der Waals surface area contributed by atoms with Crippen molar-refractivity contribution in [1.82, 2.24) is 9.55 Å². The maximum Gasteiger partial charge on any atom is 0.126 e. The molecule has 5 heteroatoms. The molecule has 1 aliphatic rings. The molecule has 4 rings (SSSR count). The van der Waals surface area contributed by atoms with Crippen molar-refractivity contribution >= 4 is 45.4 Å². The van der Waals surface area contributed by atoms with Crippen LogP contribution < -0.4 is 0 Å². The van der Waals surface area contributed by atoms with E-state index < -0.39 is 0 Å². The van der Waals surface area contributed by atoms with Gasteiger partial charge in [-0.25, -0.2) is 4.98 Å². The van der Waals surface area contributed by atoms with E-state index in [4.69, 9.17) is 28.2 Å². The molecule has 0 spiro atoms. The lowest BCUT2D eigenvalue weighted by molar-refractivity contribution is 0.357. The summed E-state index contributed by atoms with van der Waals surface area (Å²) in [6.07, 6.45) is 6.43. The number of alkyl halides is 1. The lowest BCUT2D eigenvalue weighted by Crippen LogP contribution is -2.14. The maximum absolute atomic E-state index is 6.63. The molecule has 3 aromatic rings. The second kappa shape index (κ2) is 6.70. The van der Waals surface area contributed by atoms with Crippen LogP contribution in [0.5, 0.6) is 0 Å². The molecule has 1 saturated carbocycles. The molecule has 0 N–H and O–H groups in total. The lowest BCUT2D eigenvalue weighted by atomic mass is 9.95. The standard InChI is InChI=1S/C19H20Cl2N2S/c1-12-17(19-22-13(10-20)11-24-19)15-8-5-9-16(21)18(15)23(12)14-6-3-2-4-7-14/h5,8-9,11,14H,2-4,6-7,10H2,1H3. The number of halogens is 2. The molecule has 0 radical (unpaired) electrons. The number of rotatable bonds is 3. The smallest absolute Gasteiger partial charge is 0.126 e.